The monoisotopic (exact) mass is 294 g/mol. The normalized spacial score (nSPS) is 10.6. The van der Waals surface area contributed by atoms with Crippen molar-refractivity contribution in [3.8, 4) is 28.3 Å². The smallest absolute Gasteiger partial charge is 0.118 e. The second-order valence-electron chi connectivity index (χ2n) is 4.96. The van der Waals surface area contributed by atoms with Crippen molar-refractivity contribution >= 4 is 0 Å². The molecule has 0 atom stereocenters. The van der Waals surface area contributed by atoms with Crippen LogP contribution in [0.2, 0.25) is 0 Å². The Kier molecular flexibility index (Phi) is 4.21. The number of aromatic nitrogens is 2. The summed E-state index contributed by atoms with van der Waals surface area (Å²) in [5.41, 5.74) is 3.99. The zero-order valence-electron chi connectivity index (χ0n) is 12.4. The predicted molar refractivity (Wildman–Crippen MR) is 86.7 cm³/mol. The number of methoxy groups -OCH3 is 1. The Labute approximate surface area is 129 Å². The first kappa shape index (κ1) is 14.4. The molecule has 0 saturated heterocycles. The van der Waals surface area contributed by atoms with E-state index in [0.717, 1.165) is 28.3 Å². The van der Waals surface area contributed by atoms with Gasteiger partial charge in [0.25, 0.3) is 0 Å². The summed E-state index contributed by atoms with van der Waals surface area (Å²) in [4.78, 5) is 0. The van der Waals surface area contributed by atoms with E-state index in [9.17, 15) is 5.11 Å². The SMILES string of the molecule is COc1ccc(-c2cc(-c3ccccc3)nn2CCO)cc1. The van der Waals surface area contributed by atoms with Crippen molar-refractivity contribution in [1.29, 1.82) is 0 Å². The Hall–Kier alpha value is -2.59. The molecule has 0 amide bonds. The molecule has 3 aromatic rings. The third kappa shape index (κ3) is 2.87. The molecule has 0 spiro atoms. The molecule has 1 N–H and O–H groups in total. The summed E-state index contributed by atoms with van der Waals surface area (Å²) < 4.78 is 7.03. The number of benzene rings is 2. The van der Waals surface area contributed by atoms with Gasteiger partial charge in [0, 0.05) is 11.1 Å². The van der Waals surface area contributed by atoms with Crippen LogP contribution in [0.15, 0.2) is 60.7 Å². The molecule has 0 bridgehead atoms. The van der Waals surface area contributed by atoms with Crippen molar-refractivity contribution in [3.05, 3.63) is 60.7 Å². The lowest BCUT2D eigenvalue weighted by Crippen LogP contribution is -2.05. The number of hydrogen-bond acceptors (Lipinski definition) is 3. The number of aliphatic hydroxyl groups excluding tert-OH is 1. The van der Waals surface area contributed by atoms with Crippen LogP contribution in [0.3, 0.4) is 0 Å². The maximum atomic E-state index is 9.27. The first-order chi connectivity index (χ1) is 10.8. The van der Waals surface area contributed by atoms with Crippen LogP contribution in [-0.2, 0) is 6.54 Å². The second-order valence-corrected chi connectivity index (χ2v) is 4.96. The summed E-state index contributed by atoms with van der Waals surface area (Å²) in [6.07, 6.45) is 0. The van der Waals surface area contributed by atoms with Gasteiger partial charge in [-0.3, -0.25) is 4.68 Å². The lowest BCUT2D eigenvalue weighted by Gasteiger charge is -2.06. The van der Waals surface area contributed by atoms with Crippen LogP contribution in [0.4, 0.5) is 0 Å². The fourth-order valence-corrected chi connectivity index (χ4v) is 2.43. The molecule has 0 fully saturated rings. The molecule has 1 heterocycles. The van der Waals surface area contributed by atoms with E-state index in [1.165, 1.54) is 0 Å². The summed E-state index contributed by atoms with van der Waals surface area (Å²) >= 11 is 0. The largest absolute Gasteiger partial charge is 0.497 e. The molecule has 112 valence electrons. The van der Waals surface area contributed by atoms with Crippen molar-refractivity contribution in [2.75, 3.05) is 13.7 Å². The predicted octanol–water partition coefficient (Wildman–Crippen LogP) is 3.22. The van der Waals surface area contributed by atoms with Gasteiger partial charge in [-0.05, 0) is 30.3 Å². The van der Waals surface area contributed by atoms with Gasteiger partial charge < -0.3 is 9.84 Å². The lowest BCUT2D eigenvalue weighted by atomic mass is 10.1. The van der Waals surface area contributed by atoms with Gasteiger partial charge >= 0.3 is 0 Å². The van der Waals surface area contributed by atoms with E-state index in [1.54, 1.807) is 7.11 Å². The molecule has 1 aromatic heterocycles. The van der Waals surface area contributed by atoms with Gasteiger partial charge in [0.15, 0.2) is 0 Å². The van der Waals surface area contributed by atoms with Crippen molar-refractivity contribution in [2.24, 2.45) is 0 Å². The molecule has 0 saturated carbocycles. The molecule has 0 aliphatic heterocycles. The zero-order valence-corrected chi connectivity index (χ0v) is 12.4. The zero-order chi connectivity index (χ0) is 15.4. The quantitative estimate of drug-likeness (QED) is 0.786. The number of nitrogens with zero attached hydrogens (tertiary/aromatic N) is 2. The summed E-state index contributed by atoms with van der Waals surface area (Å²) in [5, 5.41) is 13.9. The van der Waals surface area contributed by atoms with E-state index >= 15 is 0 Å². The number of rotatable bonds is 5. The highest BCUT2D eigenvalue weighted by Crippen LogP contribution is 2.27. The van der Waals surface area contributed by atoms with E-state index < -0.39 is 0 Å². The van der Waals surface area contributed by atoms with Crippen LogP contribution in [-0.4, -0.2) is 28.6 Å². The van der Waals surface area contributed by atoms with Crippen LogP contribution < -0.4 is 4.74 Å². The van der Waals surface area contributed by atoms with Gasteiger partial charge in [0.05, 0.1) is 31.6 Å². The first-order valence-corrected chi connectivity index (χ1v) is 7.20. The van der Waals surface area contributed by atoms with E-state index in [1.807, 2.05) is 65.3 Å². The number of ether oxygens (including phenoxy) is 1. The minimum absolute atomic E-state index is 0.0546. The maximum absolute atomic E-state index is 9.27. The van der Waals surface area contributed by atoms with Crippen molar-refractivity contribution in [2.45, 2.75) is 6.54 Å². The minimum atomic E-state index is 0.0546. The molecular formula is C18H18N2O2. The van der Waals surface area contributed by atoms with Crippen molar-refractivity contribution in [1.82, 2.24) is 9.78 Å². The standard InChI is InChI=1S/C18H18N2O2/c1-22-16-9-7-15(8-10-16)18-13-17(19-20(18)11-12-21)14-5-3-2-4-6-14/h2-10,13,21H,11-12H2,1H3. The molecule has 0 aliphatic carbocycles. The number of aliphatic hydroxyl groups is 1. The van der Waals surface area contributed by atoms with Gasteiger partial charge in [-0.1, -0.05) is 30.3 Å². The molecule has 4 heteroatoms. The van der Waals surface area contributed by atoms with Crippen LogP contribution in [0.25, 0.3) is 22.5 Å². The summed E-state index contributed by atoms with van der Waals surface area (Å²) in [6, 6.07) is 19.9. The Morgan fingerprint density at radius 2 is 1.73 bits per heavy atom. The maximum Gasteiger partial charge on any atom is 0.118 e. The summed E-state index contributed by atoms with van der Waals surface area (Å²) in [5.74, 6) is 0.820. The van der Waals surface area contributed by atoms with Crippen molar-refractivity contribution < 1.29 is 9.84 Å². The molecule has 22 heavy (non-hydrogen) atoms. The molecular weight excluding hydrogens is 276 g/mol. The molecule has 0 aliphatic rings. The summed E-state index contributed by atoms with van der Waals surface area (Å²) in [7, 11) is 1.65. The van der Waals surface area contributed by atoms with E-state index in [0.29, 0.717) is 6.54 Å². The molecule has 2 aromatic carbocycles. The van der Waals surface area contributed by atoms with Crippen LogP contribution in [0.1, 0.15) is 0 Å². The fraction of sp³-hybridized carbons (Fsp3) is 0.167. The average Bonchev–Trinajstić information content (AvgIpc) is 3.00. The first-order valence-electron chi connectivity index (χ1n) is 7.20. The minimum Gasteiger partial charge on any atom is -0.497 e. The van der Waals surface area contributed by atoms with Crippen LogP contribution in [0.5, 0.6) is 5.75 Å². The van der Waals surface area contributed by atoms with Gasteiger partial charge in [-0.25, -0.2) is 0 Å². The fourth-order valence-electron chi connectivity index (χ4n) is 2.43. The highest BCUT2D eigenvalue weighted by Gasteiger charge is 2.11. The Bertz CT molecular complexity index is 734. The summed E-state index contributed by atoms with van der Waals surface area (Å²) in [6.45, 7) is 0.521. The topological polar surface area (TPSA) is 47.3 Å². The highest BCUT2D eigenvalue weighted by atomic mass is 16.5. The molecule has 0 unspecified atom stereocenters. The van der Waals surface area contributed by atoms with Crippen LogP contribution in [0, 0.1) is 0 Å². The average molecular weight is 294 g/mol. The van der Waals surface area contributed by atoms with Crippen molar-refractivity contribution in [3.63, 3.8) is 0 Å². The van der Waals surface area contributed by atoms with E-state index in [-0.39, 0.29) is 6.61 Å². The lowest BCUT2D eigenvalue weighted by molar-refractivity contribution is 0.270. The Morgan fingerprint density at radius 1 is 1.00 bits per heavy atom. The van der Waals surface area contributed by atoms with E-state index in [4.69, 9.17) is 4.74 Å². The highest BCUT2D eigenvalue weighted by molar-refractivity contribution is 5.69. The van der Waals surface area contributed by atoms with Gasteiger partial charge in [-0.2, -0.15) is 5.10 Å². The number of hydrogen-bond donors (Lipinski definition) is 1. The molecule has 0 radical (unpaired) electrons. The second kappa shape index (κ2) is 6.45. The van der Waals surface area contributed by atoms with E-state index in [2.05, 4.69) is 5.10 Å². The third-order valence-corrected chi connectivity index (χ3v) is 3.55. The van der Waals surface area contributed by atoms with Gasteiger partial charge in [0.1, 0.15) is 5.75 Å². The van der Waals surface area contributed by atoms with Gasteiger partial charge in [0.2, 0.25) is 0 Å². The molecule has 4 nitrogen and oxygen atoms in total. The Morgan fingerprint density at radius 3 is 2.36 bits per heavy atom. The third-order valence-electron chi connectivity index (χ3n) is 3.55. The van der Waals surface area contributed by atoms with Gasteiger partial charge in [-0.15, -0.1) is 0 Å². The molecule has 3 rings (SSSR count). The van der Waals surface area contributed by atoms with Crippen LogP contribution >= 0.6 is 0 Å². The Balaban J connectivity index is 2.03.